The summed E-state index contributed by atoms with van der Waals surface area (Å²) < 4.78 is 44.3. The fraction of sp³-hybridized carbons (Fsp3) is 0.286. The molecule has 1 heterocycles. The molecule has 0 atom stereocenters. The van der Waals surface area contributed by atoms with Crippen LogP contribution < -0.4 is 0 Å². The monoisotopic (exact) mass is 366 g/mol. The number of nitrogens with zero attached hydrogens (tertiary/aromatic N) is 2. The minimum absolute atomic E-state index is 0.0642. The predicted octanol–water partition coefficient (Wildman–Crippen LogP) is 4.68. The van der Waals surface area contributed by atoms with Gasteiger partial charge < -0.3 is 4.74 Å². The van der Waals surface area contributed by atoms with Gasteiger partial charge in [-0.15, -0.1) is 0 Å². The molecule has 2 aromatic rings. The maximum atomic E-state index is 12.8. The van der Waals surface area contributed by atoms with Crippen LogP contribution in [0.15, 0.2) is 18.3 Å². The summed E-state index contributed by atoms with van der Waals surface area (Å²) in [5, 5.41) is 3.51. The first kappa shape index (κ1) is 17.6. The highest BCUT2D eigenvalue weighted by Crippen LogP contribution is 2.37. The maximum Gasteiger partial charge on any atom is 0.416 e. The molecule has 0 spiro atoms. The van der Waals surface area contributed by atoms with E-state index in [2.05, 4.69) is 5.10 Å². The highest BCUT2D eigenvalue weighted by Gasteiger charge is 2.32. The quantitative estimate of drug-likeness (QED) is 0.740. The lowest BCUT2D eigenvalue weighted by Gasteiger charge is -2.13. The molecular weight excluding hydrogens is 356 g/mol. The van der Waals surface area contributed by atoms with Crippen LogP contribution in [0.3, 0.4) is 0 Å². The predicted molar refractivity (Wildman–Crippen MR) is 79.3 cm³/mol. The third kappa shape index (κ3) is 3.45. The minimum atomic E-state index is -4.57. The third-order valence-electron chi connectivity index (χ3n) is 3.06. The van der Waals surface area contributed by atoms with E-state index in [9.17, 15) is 18.0 Å². The average Bonchev–Trinajstić information content (AvgIpc) is 2.79. The van der Waals surface area contributed by atoms with Gasteiger partial charge in [0.2, 0.25) is 0 Å². The first-order valence-electron chi connectivity index (χ1n) is 6.45. The second-order valence-corrected chi connectivity index (χ2v) is 5.38. The summed E-state index contributed by atoms with van der Waals surface area (Å²) in [5.41, 5.74) is -0.369. The fourth-order valence-corrected chi connectivity index (χ4v) is 2.62. The largest absolute Gasteiger partial charge is 0.462 e. The molecule has 23 heavy (non-hydrogen) atoms. The van der Waals surface area contributed by atoms with Crippen molar-refractivity contribution >= 4 is 29.2 Å². The summed E-state index contributed by atoms with van der Waals surface area (Å²) in [4.78, 5) is 11.8. The Morgan fingerprint density at radius 2 is 1.87 bits per heavy atom. The van der Waals surface area contributed by atoms with Crippen LogP contribution in [0.25, 0.3) is 5.69 Å². The lowest BCUT2D eigenvalue weighted by atomic mass is 10.2. The number of hydrogen-bond acceptors (Lipinski definition) is 3. The van der Waals surface area contributed by atoms with Gasteiger partial charge in [-0.05, 0) is 26.0 Å². The van der Waals surface area contributed by atoms with Crippen molar-refractivity contribution in [1.29, 1.82) is 0 Å². The van der Waals surface area contributed by atoms with Crippen molar-refractivity contribution in [2.24, 2.45) is 0 Å². The summed E-state index contributed by atoms with van der Waals surface area (Å²) in [7, 11) is 0. The van der Waals surface area contributed by atoms with Crippen molar-refractivity contribution in [3.8, 4) is 5.69 Å². The standard InChI is InChI=1S/C14H11Cl2F3N2O2/c1-3-23-13(22)9-6-20-21(7(9)2)12-10(15)4-8(5-11(12)16)14(17,18)19/h4-6H,3H2,1-2H3. The molecule has 0 radical (unpaired) electrons. The highest BCUT2D eigenvalue weighted by atomic mass is 35.5. The minimum Gasteiger partial charge on any atom is -0.462 e. The number of rotatable bonds is 3. The lowest BCUT2D eigenvalue weighted by Crippen LogP contribution is -2.09. The van der Waals surface area contributed by atoms with Crippen molar-refractivity contribution in [2.45, 2.75) is 20.0 Å². The van der Waals surface area contributed by atoms with Crippen molar-refractivity contribution in [1.82, 2.24) is 9.78 Å². The van der Waals surface area contributed by atoms with Gasteiger partial charge in [0.15, 0.2) is 0 Å². The molecule has 0 aliphatic rings. The first-order chi connectivity index (χ1) is 10.7. The van der Waals surface area contributed by atoms with Crippen LogP contribution in [0, 0.1) is 6.92 Å². The van der Waals surface area contributed by atoms with Gasteiger partial charge >= 0.3 is 12.1 Å². The zero-order valence-corrected chi connectivity index (χ0v) is 13.6. The Morgan fingerprint density at radius 1 is 1.30 bits per heavy atom. The van der Waals surface area contributed by atoms with E-state index in [1.54, 1.807) is 13.8 Å². The summed E-state index contributed by atoms with van der Waals surface area (Å²) in [6.45, 7) is 3.40. The first-order valence-corrected chi connectivity index (χ1v) is 7.20. The molecule has 9 heteroatoms. The molecule has 124 valence electrons. The van der Waals surface area contributed by atoms with Crippen LogP contribution in [0.5, 0.6) is 0 Å². The second kappa shape index (κ2) is 6.41. The fourth-order valence-electron chi connectivity index (χ4n) is 1.98. The van der Waals surface area contributed by atoms with Crippen LogP contribution in [-0.2, 0) is 10.9 Å². The van der Waals surface area contributed by atoms with Crippen molar-refractivity contribution in [2.75, 3.05) is 6.61 Å². The number of ether oxygens (including phenoxy) is 1. The zero-order valence-electron chi connectivity index (χ0n) is 12.0. The van der Waals surface area contributed by atoms with Gasteiger partial charge in [0.05, 0.1) is 34.1 Å². The van der Waals surface area contributed by atoms with E-state index in [0.717, 1.165) is 12.1 Å². The number of carbonyl (C=O) groups is 1. The van der Waals surface area contributed by atoms with Crippen LogP contribution in [0.1, 0.15) is 28.5 Å². The molecule has 0 fully saturated rings. The zero-order chi connectivity index (χ0) is 17.4. The molecule has 1 aromatic heterocycles. The Labute approximate surface area is 139 Å². The third-order valence-corrected chi connectivity index (χ3v) is 3.64. The van der Waals surface area contributed by atoms with E-state index in [-0.39, 0.29) is 27.9 Å². The SMILES string of the molecule is CCOC(=O)c1cnn(-c2c(Cl)cc(C(F)(F)F)cc2Cl)c1C. The van der Waals surface area contributed by atoms with Gasteiger partial charge in [-0.25, -0.2) is 9.48 Å². The van der Waals surface area contributed by atoms with Crippen LogP contribution in [-0.4, -0.2) is 22.4 Å². The molecule has 1 aromatic carbocycles. The van der Waals surface area contributed by atoms with E-state index < -0.39 is 17.7 Å². The normalized spacial score (nSPS) is 11.6. The molecule has 0 aliphatic heterocycles. The number of esters is 1. The van der Waals surface area contributed by atoms with E-state index in [1.165, 1.54) is 10.9 Å². The molecule has 0 aliphatic carbocycles. The van der Waals surface area contributed by atoms with Gasteiger partial charge in [0.1, 0.15) is 11.3 Å². The second-order valence-electron chi connectivity index (χ2n) is 4.56. The lowest BCUT2D eigenvalue weighted by molar-refractivity contribution is -0.137. The summed E-state index contributed by atoms with van der Waals surface area (Å²) in [6.07, 6.45) is -3.32. The van der Waals surface area contributed by atoms with Crippen molar-refractivity contribution < 1.29 is 22.7 Å². The molecule has 0 saturated heterocycles. The van der Waals surface area contributed by atoms with Crippen molar-refractivity contribution in [3.63, 3.8) is 0 Å². The molecule has 0 bridgehead atoms. The van der Waals surface area contributed by atoms with E-state index in [0.29, 0.717) is 5.69 Å². The Morgan fingerprint density at radius 3 is 2.35 bits per heavy atom. The number of carbonyl (C=O) groups excluding carboxylic acids is 1. The van der Waals surface area contributed by atoms with Gasteiger partial charge in [-0.1, -0.05) is 23.2 Å². The molecular formula is C14H11Cl2F3N2O2. The number of aromatic nitrogens is 2. The summed E-state index contributed by atoms with van der Waals surface area (Å²) >= 11 is 11.9. The smallest absolute Gasteiger partial charge is 0.416 e. The Bertz CT molecular complexity index is 734. The van der Waals surface area contributed by atoms with E-state index in [4.69, 9.17) is 27.9 Å². The van der Waals surface area contributed by atoms with Gasteiger partial charge in [0.25, 0.3) is 0 Å². The van der Waals surface area contributed by atoms with Crippen molar-refractivity contribution in [3.05, 3.63) is 45.2 Å². The highest BCUT2D eigenvalue weighted by molar-refractivity contribution is 6.37. The summed E-state index contributed by atoms with van der Waals surface area (Å²) in [5.74, 6) is -0.588. The molecule has 4 nitrogen and oxygen atoms in total. The van der Waals surface area contributed by atoms with E-state index in [1.807, 2.05) is 0 Å². The number of hydrogen-bond donors (Lipinski definition) is 0. The molecule has 0 amide bonds. The van der Waals surface area contributed by atoms with Crippen LogP contribution >= 0.6 is 23.2 Å². The molecule has 0 unspecified atom stereocenters. The Hall–Kier alpha value is -1.73. The molecule has 0 saturated carbocycles. The Balaban J connectivity index is 2.54. The average molecular weight is 367 g/mol. The number of alkyl halides is 3. The molecule has 2 rings (SSSR count). The van der Waals surface area contributed by atoms with E-state index >= 15 is 0 Å². The maximum absolute atomic E-state index is 12.8. The van der Waals surface area contributed by atoms with Gasteiger partial charge in [-0.2, -0.15) is 18.3 Å². The van der Waals surface area contributed by atoms with Crippen LogP contribution in [0.2, 0.25) is 10.0 Å². The number of benzene rings is 1. The van der Waals surface area contributed by atoms with Crippen LogP contribution in [0.4, 0.5) is 13.2 Å². The van der Waals surface area contributed by atoms with Gasteiger partial charge in [-0.3, -0.25) is 0 Å². The number of halogens is 5. The topological polar surface area (TPSA) is 44.1 Å². The van der Waals surface area contributed by atoms with Gasteiger partial charge in [0, 0.05) is 0 Å². The summed E-state index contributed by atoms with van der Waals surface area (Å²) in [6, 6.07) is 1.52. The Kier molecular flexibility index (Phi) is 4.91. The molecule has 0 N–H and O–H groups in total.